The molecule has 1 amide bonds. The molecule has 1 saturated carbocycles. The number of hydrogen-bond acceptors (Lipinski definition) is 4. The first kappa shape index (κ1) is 17.6. The van der Waals surface area contributed by atoms with Gasteiger partial charge in [0.15, 0.2) is 0 Å². The number of carbonyl (C=O) groups excluding carboxylic acids is 1. The maximum absolute atomic E-state index is 12.2. The number of benzene rings is 1. The fraction of sp³-hybridized carbons (Fsp3) is 0.550. The molecule has 4 rings (SSSR count). The Balaban J connectivity index is 1.58. The molecule has 0 spiro atoms. The Labute approximate surface area is 154 Å². The summed E-state index contributed by atoms with van der Waals surface area (Å²) in [4.78, 5) is 13.9. The number of hydrogen-bond donors (Lipinski definition) is 1. The average Bonchev–Trinajstić information content (AvgIpc) is 3.31. The lowest BCUT2D eigenvalue weighted by molar-refractivity contribution is -0.140. The minimum Gasteiger partial charge on any atom is -0.399 e. The summed E-state index contributed by atoms with van der Waals surface area (Å²) in [7, 11) is 1.27. The minimum atomic E-state index is -1.56. The highest BCUT2D eigenvalue weighted by Gasteiger charge is 2.66. The molecule has 2 saturated heterocycles. The van der Waals surface area contributed by atoms with Gasteiger partial charge in [0.05, 0.1) is 11.2 Å². The van der Waals surface area contributed by atoms with E-state index in [1.165, 1.54) is 0 Å². The van der Waals surface area contributed by atoms with Gasteiger partial charge >= 0.3 is 7.12 Å². The second-order valence-electron chi connectivity index (χ2n) is 8.56. The van der Waals surface area contributed by atoms with Gasteiger partial charge < -0.3 is 19.3 Å². The molecule has 1 aliphatic carbocycles. The molecule has 1 N–H and O–H groups in total. The SMILES string of the molecule is CN1C(=O)[C@](O)(C#Cc2cccc(B3OC(C)(C)C(C)(C)O3)c2)[C@H]2C[C@H]21. The van der Waals surface area contributed by atoms with Crippen LogP contribution in [0.1, 0.15) is 39.7 Å². The van der Waals surface area contributed by atoms with E-state index < -0.39 is 23.9 Å². The average molecular weight is 353 g/mol. The first-order valence-corrected chi connectivity index (χ1v) is 9.03. The van der Waals surface area contributed by atoms with Crippen molar-refractivity contribution in [1.82, 2.24) is 4.90 Å². The van der Waals surface area contributed by atoms with E-state index in [0.29, 0.717) is 0 Å². The van der Waals surface area contributed by atoms with Crippen LogP contribution >= 0.6 is 0 Å². The molecule has 3 fully saturated rings. The van der Waals surface area contributed by atoms with Crippen molar-refractivity contribution in [2.24, 2.45) is 5.92 Å². The Hall–Kier alpha value is -1.81. The van der Waals surface area contributed by atoms with Gasteiger partial charge in [0.1, 0.15) is 0 Å². The lowest BCUT2D eigenvalue weighted by Crippen LogP contribution is -2.41. The Morgan fingerprint density at radius 2 is 1.88 bits per heavy atom. The zero-order valence-corrected chi connectivity index (χ0v) is 15.9. The van der Waals surface area contributed by atoms with Crippen LogP contribution in [-0.2, 0) is 14.1 Å². The van der Waals surface area contributed by atoms with Crippen molar-refractivity contribution in [3.63, 3.8) is 0 Å². The second kappa shape index (κ2) is 5.35. The third kappa shape index (κ3) is 2.50. The first-order chi connectivity index (χ1) is 12.1. The van der Waals surface area contributed by atoms with Crippen molar-refractivity contribution in [2.45, 2.75) is 57.0 Å². The number of likely N-dealkylation sites (N-methyl/N-ethyl adjacent to an activating group) is 1. The van der Waals surface area contributed by atoms with Crippen molar-refractivity contribution in [2.75, 3.05) is 7.05 Å². The van der Waals surface area contributed by atoms with Crippen LogP contribution in [0.2, 0.25) is 0 Å². The number of rotatable bonds is 1. The number of aliphatic hydroxyl groups is 1. The van der Waals surface area contributed by atoms with Crippen molar-refractivity contribution in [3.05, 3.63) is 29.8 Å². The third-order valence-corrected chi connectivity index (χ3v) is 6.25. The Morgan fingerprint density at radius 1 is 1.23 bits per heavy atom. The molecule has 0 aromatic heterocycles. The number of likely N-dealkylation sites (tertiary alicyclic amines) is 1. The predicted octanol–water partition coefficient (Wildman–Crippen LogP) is 0.929. The van der Waals surface area contributed by atoms with E-state index in [2.05, 4.69) is 11.8 Å². The largest absolute Gasteiger partial charge is 0.494 e. The minimum absolute atomic E-state index is 0.0706. The van der Waals surface area contributed by atoms with Crippen LogP contribution in [-0.4, -0.2) is 52.9 Å². The molecule has 3 atom stereocenters. The van der Waals surface area contributed by atoms with Gasteiger partial charge in [-0.15, -0.1) is 0 Å². The molecule has 3 aliphatic rings. The van der Waals surface area contributed by atoms with E-state index in [9.17, 15) is 9.90 Å². The Morgan fingerprint density at radius 3 is 2.46 bits per heavy atom. The van der Waals surface area contributed by atoms with Gasteiger partial charge in [0.25, 0.3) is 5.91 Å². The molecule has 6 heteroatoms. The quantitative estimate of drug-likeness (QED) is 0.603. The van der Waals surface area contributed by atoms with E-state index in [1.54, 1.807) is 11.9 Å². The van der Waals surface area contributed by atoms with Crippen molar-refractivity contribution >= 4 is 18.5 Å². The van der Waals surface area contributed by atoms with Crippen molar-refractivity contribution in [3.8, 4) is 11.8 Å². The predicted molar refractivity (Wildman–Crippen MR) is 98.7 cm³/mol. The molecule has 0 unspecified atom stereocenters. The van der Waals surface area contributed by atoms with Gasteiger partial charge in [-0.2, -0.15) is 0 Å². The summed E-state index contributed by atoms with van der Waals surface area (Å²) in [5.41, 5.74) is -0.765. The summed E-state index contributed by atoms with van der Waals surface area (Å²) >= 11 is 0. The summed E-state index contributed by atoms with van der Waals surface area (Å²) in [6.07, 6.45) is 0.821. The zero-order valence-electron chi connectivity index (χ0n) is 15.9. The molecule has 5 nitrogen and oxygen atoms in total. The summed E-state index contributed by atoms with van der Waals surface area (Å²) in [6.45, 7) is 8.06. The molecule has 0 bridgehead atoms. The van der Waals surface area contributed by atoms with Crippen LogP contribution < -0.4 is 5.46 Å². The Bertz CT molecular complexity index is 824. The molecule has 1 aromatic rings. The standard InChI is InChI=1S/C20H24BNO4/c1-18(2)19(3,4)26-21(25-18)14-8-6-7-13(11-14)9-10-20(24)15-12-16(15)22(5)17(20)23/h6-8,11,15-16,24H,12H2,1-5H3/t15-,16+,20-/m0/s1. The van der Waals surface area contributed by atoms with E-state index in [0.717, 1.165) is 17.4 Å². The molecular weight excluding hydrogens is 329 g/mol. The number of fused-ring (bicyclic) bond motifs is 1. The maximum Gasteiger partial charge on any atom is 0.494 e. The third-order valence-electron chi connectivity index (χ3n) is 6.25. The van der Waals surface area contributed by atoms with Crippen LogP contribution in [0.25, 0.3) is 0 Å². The van der Waals surface area contributed by atoms with E-state index >= 15 is 0 Å². The topological polar surface area (TPSA) is 59.0 Å². The fourth-order valence-electron chi connectivity index (χ4n) is 3.69. The number of carbonyl (C=O) groups is 1. The normalized spacial score (nSPS) is 33.7. The van der Waals surface area contributed by atoms with E-state index in [-0.39, 0.29) is 17.9 Å². The van der Waals surface area contributed by atoms with Gasteiger partial charge in [-0.1, -0.05) is 24.0 Å². The fourth-order valence-corrected chi connectivity index (χ4v) is 3.69. The summed E-state index contributed by atoms with van der Waals surface area (Å²) in [5.74, 6) is 5.44. The van der Waals surface area contributed by atoms with Crippen LogP contribution in [0.5, 0.6) is 0 Å². The number of nitrogens with zero attached hydrogens (tertiary/aromatic N) is 1. The van der Waals surface area contributed by atoms with E-state index in [4.69, 9.17) is 9.31 Å². The molecule has 1 aromatic carbocycles. The van der Waals surface area contributed by atoms with Gasteiger partial charge in [-0.3, -0.25) is 4.79 Å². The molecular formula is C20H24BNO4. The smallest absolute Gasteiger partial charge is 0.399 e. The highest BCUT2D eigenvalue weighted by atomic mass is 16.7. The van der Waals surface area contributed by atoms with Gasteiger partial charge in [-0.25, -0.2) is 0 Å². The summed E-state index contributed by atoms with van der Waals surface area (Å²) < 4.78 is 12.2. The summed E-state index contributed by atoms with van der Waals surface area (Å²) in [6, 6.07) is 7.72. The monoisotopic (exact) mass is 353 g/mol. The molecule has 136 valence electrons. The lowest BCUT2D eigenvalue weighted by Gasteiger charge is -2.32. The zero-order chi connectivity index (χ0) is 18.9. The van der Waals surface area contributed by atoms with Crippen molar-refractivity contribution in [1.29, 1.82) is 0 Å². The number of amides is 1. The highest BCUT2D eigenvalue weighted by molar-refractivity contribution is 6.62. The first-order valence-electron chi connectivity index (χ1n) is 9.03. The lowest BCUT2D eigenvalue weighted by atomic mass is 9.78. The van der Waals surface area contributed by atoms with Crippen LogP contribution in [0.15, 0.2) is 24.3 Å². The van der Waals surface area contributed by atoms with Crippen LogP contribution in [0, 0.1) is 17.8 Å². The second-order valence-corrected chi connectivity index (χ2v) is 8.56. The van der Waals surface area contributed by atoms with E-state index in [1.807, 2.05) is 52.0 Å². The van der Waals surface area contributed by atoms with Gasteiger partial charge in [-0.05, 0) is 51.7 Å². The van der Waals surface area contributed by atoms with Crippen molar-refractivity contribution < 1.29 is 19.2 Å². The van der Waals surface area contributed by atoms with Crippen LogP contribution in [0.3, 0.4) is 0 Å². The Kier molecular flexibility index (Phi) is 3.62. The van der Waals surface area contributed by atoms with Gasteiger partial charge in [0.2, 0.25) is 5.60 Å². The van der Waals surface area contributed by atoms with Gasteiger partial charge in [0, 0.05) is 24.6 Å². The van der Waals surface area contributed by atoms with Crippen LogP contribution in [0.4, 0.5) is 0 Å². The molecule has 26 heavy (non-hydrogen) atoms. The number of piperidine rings is 1. The molecule has 2 aliphatic heterocycles. The molecule has 2 heterocycles. The highest BCUT2D eigenvalue weighted by Crippen LogP contribution is 2.50. The maximum atomic E-state index is 12.2. The molecule has 0 radical (unpaired) electrons. The summed E-state index contributed by atoms with van der Waals surface area (Å²) in [5, 5.41) is 10.7.